The number of ether oxygens (including phenoxy) is 1. The van der Waals surface area contributed by atoms with Gasteiger partial charge in [-0.2, -0.15) is 4.52 Å². The molecule has 8 heteroatoms. The molecule has 0 bridgehead atoms. The molecule has 136 valence electrons. The quantitative estimate of drug-likeness (QED) is 0.574. The van der Waals surface area contributed by atoms with E-state index >= 15 is 0 Å². The van der Waals surface area contributed by atoms with Crippen LogP contribution in [0.4, 0.5) is 5.13 Å². The Morgan fingerprint density at radius 1 is 1.15 bits per heavy atom. The summed E-state index contributed by atoms with van der Waals surface area (Å²) < 4.78 is 7.26. The number of hydrogen-bond acceptors (Lipinski definition) is 6. The van der Waals surface area contributed by atoms with E-state index < -0.39 is 0 Å². The predicted molar refractivity (Wildman–Crippen MR) is 104 cm³/mol. The van der Waals surface area contributed by atoms with E-state index in [-0.39, 0.29) is 12.5 Å². The third-order valence-corrected chi connectivity index (χ3v) is 4.79. The van der Waals surface area contributed by atoms with Gasteiger partial charge in [-0.1, -0.05) is 53.8 Å². The second kappa shape index (κ2) is 7.16. The maximum Gasteiger partial charge on any atom is 0.264 e. The van der Waals surface area contributed by atoms with Crippen molar-refractivity contribution in [2.75, 3.05) is 11.9 Å². The first kappa shape index (κ1) is 17.2. The minimum absolute atomic E-state index is 0.0873. The number of carbonyl (C=O) groups is 1. The summed E-state index contributed by atoms with van der Waals surface area (Å²) in [5, 5.41) is 15.9. The molecular formula is C19H17N5O2S. The van der Waals surface area contributed by atoms with Gasteiger partial charge in [0.25, 0.3) is 5.91 Å². The summed E-state index contributed by atoms with van der Waals surface area (Å²) in [6.07, 6.45) is 0. The lowest BCUT2D eigenvalue weighted by Gasteiger charge is -2.09. The molecule has 0 aliphatic carbocycles. The highest BCUT2D eigenvalue weighted by atomic mass is 32.1. The van der Waals surface area contributed by atoms with Gasteiger partial charge in [-0.05, 0) is 31.0 Å². The van der Waals surface area contributed by atoms with Crippen molar-refractivity contribution >= 4 is 27.3 Å². The van der Waals surface area contributed by atoms with Crippen molar-refractivity contribution in [3.05, 3.63) is 59.7 Å². The fourth-order valence-corrected chi connectivity index (χ4v) is 3.35. The lowest BCUT2D eigenvalue weighted by Crippen LogP contribution is -2.20. The average Bonchev–Trinajstić information content (AvgIpc) is 3.23. The first-order chi connectivity index (χ1) is 13.1. The van der Waals surface area contributed by atoms with Gasteiger partial charge in [0.1, 0.15) is 5.75 Å². The van der Waals surface area contributed by atoms with Crippen LogP contribution in [0.3, 0.4) is 0 Å². The van der Waals surface area contributed by atoms with Crippen LogP contribution in [0.5, 0.6) is 5.75 Å². The fraction of sp³-hybridized carbons (Fsp3) is 0.158. The van der Waals surface area contributed by atoms with Crippen LogP contribution in [0.25, 0.3) is 16.3 Å². The molecule has 2 heterocycles. The first-order valence-corrected chi connectivity index (χ1v) is 9.19. The number of benzene rings is 2. The minimum atomic E-state index is -0.276. The Balaban J connectivity index is 1.46. The molecule has 0 aliphatic rings. The highest BCUT2D eigenvalue weighted by Gasteiger charge is 2.15. The molecule has 0 fully saturated rings. The standard InChI is InChI=1S/C19H17N5O2S/c1-12-8-9-13(2)15(10-12)26-11-16(25)20-18-23-24-17(21-22-19(24)27-18)14-6-4-3-5-7-14/h3-10H,11H2,1-2H3,(H,20,23,25). The predicted octanol–water partition coefficient (Wildman–Crippen LogP) is 3.49. The summed E-state index contributed by atoms with van der Waals surface area (Å²) in [7, 11) is 0. The number of rotatable bonds is 5. The SMILES string of the molecule is Cc1ccc(C)c(OCC(=O)Nc2nn3c(-c4ccccc4)nnc3s2)c1. The largest absolute Gasteiger partial charge is 0.483 e. The average molecular weight is 379 g/mol. The molecule has 7 nitrogen and oxygen atoms in total. The summed E-state index contributed by atoms with van der Waals surface area (Å²) >= 11 is 1.26. The number of aryl methyl sites for hydroxylation is 2. The van der Waals surface area contributed by atoms with E-state index in [1.807, 2.05) is 62.4 Å². The van der Waals surface area contributed by atoms with Gasteiger partial charge in [0, 0.05) is 5.56 Å². The number of aromatic nitrogens is 4. The van der Waals surface area contributed by atoms with E-state index in [1.54, 1.807) is 4.52 Å². The van der Waals surface area contributed by atoms with Crippen molar-refractivity contribution in [1.82, 2.24) is 19.8 Å². The van der Waals surface area contributed by atoms with Crippen molar-refractivity contribution in [3.8, 4) is 17.1 Å². The zero-order valence-corrected chi connectivity index (χ0v) is 15.7. The van der Waals surface area contributed by atoms with Crippen LogP contribution in [0.2, 0.25) is 0 Å². The molecule has 0 radical (unpaired) electrons. The Kier molecular flexibility index (Phi) is 4.55. The number of nitrogens with one attached hydrogen (secondary N) is 1. The Labute approximate surface area is 159 Å². The fourth-order valence-electron chi connectivity index (χ4n) is 2.60. The zero-order chi connectivity index (χ0) is 18.8. The highest BCUT2D eigenvalue weighted by molar-refractivity contribution is 7.20. The molecule has 0 atom stereocenters. The number of amides is 1. The van der Waals surface area contributed by atoms with Crippen LogP contribution in [0.15, 0.2) is 48.5 Å². The maximum absolute atomic E-state index is 12.2. The molecule has 4 rings (SSSR count). The zero-order valence-electron chi connectivity index (χ0n) is 14.8. The summed E-state index contributed by atoms with van der Waals surface area (Å²) in [4.78, 5) is 12.8. The van der Waals surface area contributed by atoms with Crippen molar-refractivity contribution in [1.29, 1.82) is 0 Å². The molecule has 0 saturated carbocycles. The van der Waals surface area contributed by atoms with Crippen molar-refractivity contribution in [2.24, 2.45) is 0 Å². The normalized spacial score (nSPS) is 10.9. The van der Waals surface area contributed by atoms with E-state index in [4.69, 9.17) is 4.74 Å². The summed E-state index contributed by atoms with van der Waals surface area (Å²) in [5.74, 6) is 1.06. The third kappa shape index (κ3) is 3.65. The van der Waals surface area contributed by atoms with Crippen LogP contribution < -0.4 is 10.1 Å². The lowest BCUT2D eigenvalue weighted by atomic mass is 10.1. The van der Waals surface area contributed by atoms with Crippen LogP contribution >= 0.6 is 11.3 Å². The van der Waals surface area contributed by atoms with Gasteiger partial charge < -0.3 is 4.74 Å². The highest BCUT2D eigenvalue weighted by Crippen LogP contribution is 2.24. The number of nitrogens with zero attached hydrogens (tertiary/aromatic N) is 4. The van der Waals surface area contributed by atoms with Crippen molar-refractivity contribution in [3.63, 3.8) is 0 Å². The molecular weight excluding hydrogens is 362 g/mol. The van der Waals surface area contributed by atoms with Gasteiger partial charge in [-0.3, -0.25) is 10.1 Å². The van der Waals surface area contributed by atoms with E-state index in [0.29, 0.717) is 21.7 Å². The topological polar surface area (TPSA) is 81.4 Å². The van der Waals surface area contributed by atoms with Crippen LogP contribution in [0, 0.1) is 13.8 Å². The number of fused-ring (bicyclic) bond motifs is 1. The third-order valence-electron chi connectivity index (χ3n) is 3.97. The van der Waals surface area contributed by atoms with Crippen molar-refractivity contribution < 1.29 is 9.53 Å². The monoisotopic (exact) mass is 379 g/mol. The smallest absolute Gasteiger partial charge is 0.264 e. The molecule has 0 aliphatic heterocycles. The van der Waals surface area contributed by atoms with Gasteiger partial charge >= 0.3 is 0 Å². The molecule has 1 N–H and O–H groups in total. The number of hydrogen-bond donors (Lipinski definition) is 1. The Morgan fingerprint density at radius 3 is 2.78 bits per heavy atom. The maximum atomic E-state index is 12.2. The van der Waals surface area contributed by atoms with Gasteiger partial charge in [-0.25, -0.2) is 0 Å². The molecule has 1 amide bonds. The van der Waals surface area contributed by atoms with E-state index in [1.165, 1.54) is 11.3 Å². The van der Waals surface area contributed by atoms with Gasteiger partial charge in [-0.15, -0.1) is 15.3 Å². The van der Waals surface area contributed by atoms with Crippen LogP contribution in [-0.2, 0) is 4.79 Å². The van der Waals surface area contributed by atoms with Gasteiger partial charge in [0.15, 0.2) is 12.4 Å². The Hall–Kier alpha value is -3.26. The molecule has 27 heavy (non-hydrogen) atoms. The second-order valence-electron chi connectivity index (χ2n) is 6.10. The Morgan fingerprint density at radius 2 is 1.96 bits per heavy atom. The van der Waals surface area contributed by atoms with E-state index in [0.717, 1.165) is 16.7 Å². The molecule has 2 aromatic carbocycles. The summed E-state index contributed by atoms with van der Waals surface area (Å²) in [6.45, 7) is 3.84. The molecule has 0 saturated heterocycles. The first-order valence-electron chi connectivity index (χ1n) is 8.38. The lowest BCUT2D eigenvalue weighted by molar-refractivity contribution is -0.118. The van der Waals surface area contributed by atoms with Gasteiger partial charge in [0.2, 0.25) is 10.1 Å². The van der Waals surface area contributed by atoms with Crippen molar-refractivity contribution in [2.45, 2.75) is 13.8 Å². The minimum Gasteiger partial charge on any atom is -0.483 e. The van der Waals surface area contributed by atoms with Crippen LogP contribution in [-0.4, -0.2) is 32.3 Å². The molecule has 0 unspecified atom stereocenters. The Bertz CT molecular complexity index is 1100. The molecule has 2 aromatic heterocycles. The number of anilines is 1. The van der Waals surface area contributed by atoms with E-state index in [9.17, 15) is 4.79 Å². The summed E-state index contributed by atoms with van der Waals surface area (Å²) in [6, 6.07) is 15.6. The molecule has 0 spiro atoms. The van der Waals surface area contributed by atoms with E-state index in [2.05, 4.69) is 20.6 Å². The number of carbonyl (C=O) groups excluding carboxylic acids is 1. The second-order valence-corrected chi connectivity index (χ2v) is 7.05. The molecule has 4 aromatic rings. The van der Waals surface area contributed by atoms with Gasteiger partial charge in [0.05, 0.1) is 0 Å². The van der Waals surface area contributed by atoms with Crippen LogP contribution in [0.1, 0.15) is 11.1 Å². The summed E-state index contributed by atoms with van der Waals surface area (Å²) in [5.41, 5.74) is 2.98.